The molecule has 3 rings (SSSR count). The molecule has 0 aliphatic carbocycles. The van der Waals surface area contributed by atoms with E-state index in [0.29, 0.717) is 16.0 Å². The van der Waals surface area contributed by atoms with Gasteiger partial charge in [0.15, 0.2) is 6.10 Å². The summed E-state index contributed by atoms with van der Waals surface area (Å²) in [6.45, 7) is 3.43. The second kappa shape index (κ2) is 7.03. The number of esters is 1. The molecule has 1 atom stereocenters. The number of ether oxygens (including phenoxy) is 1. The summed E-state index contributed by atoms with van der Waals surface area (Å²) in [7, 11) is 0. The second-order valence-corrected chi connectivity index (χ2v) is 6.78. The van der Waals surface area contributed by atoms with E-state index >= 15 is 0 Å². The maximum atomic E-state index is 13.2. The molecule has 0 radical (unpaired) electrons. The van der Waals surface area contributed by atoms with Crippen LogP contribution in [0.3, 0.4) is 0 Å². The molecular weight excluding hydrogens is 341 g/mol. The van der Waals surface area contributed by atoms with Crippen LogP contribution in [0.15, 0.2) is 48.5 Å². The third-order valence-corrected chi connectivity index (χ3v) is 4.71. The second-order valence-electron chi connectivity index (χ2n) is 5.70. The number of hydrogen-bond acceptors (Lipinski definition) is 4. The Kier molecular flexibility index (Phi) is 4.81. The lowest BCUT2D eigenvalue weighted by Crippen LogP contribution is -2.29. The van der Waals surface area contributed by atoms with E-state index in [-0.39, 0.29) is 5.82 Å². The van der Waals surface area contributed by atoms with Crippen molar-refractivity contribution in [2.75, 3.05) is 5.32 Å². The van der Waals surface area contributed by atoms with Gasteiger partial charge in [-0.25, -0.2) is 9.18 Å². The van der Waals surface area contributed by atoms with E-state index in [0.717, 1.165) is 10.3 Å². The third kappa shape index (κ3) is 4.03. The predicted octanol–water partition coefficient (Wildman–Crippen LogP) is 4.53. The Morgan fingerprint density at radius 2 is 1.96 bits per heavy atom. The van der Waals surface area contributed by atoms with Gasteiger partial charge in [-0.2, -0.15) is 0 Å². The lowest BCUT2D eigenvalue weighted by Gasteiger charge is -2.13. The van der Waals surface area contributed by atoms with E-state index in [1.54, 1.807) is 18.2 Å². The molecule has 25 heavy (non-hydrogen) atoms. The van der Waals surface area contributed by atoms with Crippen LogP contribution in [0, 0.1) is 12.7 Å². The molecule has 0 aliphatic rings. The van der Waals surface area contributed by atoms with Crippen LogP contribution >= 0.6 is 11.3 Å². The number of hydrogen-bond donors (Lipinski definition) is 1. The smallest absolute Gasteiger partial charge is 0.349 e. The van der Waals surface area contributed by atoms with E-state index in [1.165, 1.54) is 30.4 Å². The van der Waals surface area contributed by atoms with Gasteiger partial charge in [0.1, 0.15) is 10.7 Å². The third-order valence-electron chi connectivity index (χ3n) is 3.62. The predicted molar refractivity (Wildman–Crippen MR) is 96.5 cm³/mol. The molecule has 0 saturated heterocycles. The van der Waals surface area contributed by atoms with Crippen molar-refractivity contribution in [1.82, 2.24) is 0 Å². The molecular formula is C19H16FNO3S. The summed E-state index contributed by atoms with van der Waals surface area (Å²) >= 11 is 1.20. The SMILES string of the molecule is Cc1cccc(NC(=O)[C@H](C)OC(=O)c2cc3cc(F)ccc3s2)c1. The zero-order chi connectivity index (χ0) is 18.0. The van der Waals surface area contributed by atoms with Crippen molar-refractivity contribution in [3.05, 3.63) is 64.8 Å². The zero-order valence-corrected chi connectivity index (χ0v) is 14.5. The topological polar surface area (TPSA) is 55.4 Å². The first-order valence-corrected chi connectivity index (χ1v) is 8.51. The minimum Gasteiger partial charge on any atom is -0.448 e. The van der Waals surface area contributed by atoms with Crippen molar-refractivity contribution in [1.29, 1.82) is 0 Å². The first-order chi connectivity index (χ1) is 11.9. The van der Waals surface area contributed by atoms with Gasteiger partial charge in [-0.1, -0.05) is 12.1 Å². The number of halogens is 1. The fraction of sp³-hybridized carbons (Fsp3) is 0.158. The molecule has 0 spiro atoms. The summed E-state index contributed by atoms with van der Waals surface area (Å²) in [5.74, 6) is -1.38. The van der Waals surface area contributed by atoms with Gasteiger partial charge in [0.05, 0.1) is 0 Å². The molecule has 1 heterocycles. The molecule has 128 valence electrons. The van der Waals surface area contributed by atoms with Crippen molar-refractivity contribution < 1.29 is 18.7 Å². The highest BCUT2D eigenvalue weighted by Gasteiger charge is 2.20. The summed E-state index contributed by atoms with van der Waals surface area (Å²) in [5, 5.41) is 3.34. The molecule has 1 amide bonds. The van der Waals surface area contributed by atoms with Crippen molar-refractivity contribution in [2.45, 2.75) is 20.0 Å². The number of thiophene rings is 1. The van der Waals surface area contributed by atoms with Gasteiger partial charge in [-0.3, -0.25) is 4.79 Å². The first kappa shape index (κ1) is 17.1. The van der Waals surface area contributed by atoms with E-state index in [2.05, 4.69) is 5.32 Å². The highest BCUT2D eigenvalue weighted by Crippen LogP contribution is 2.27. The normalized spacial score (nSPS) is 12.0. The number of carbonyl (C=O) groups excluding carboxylic acids is 2. The van der Waals surface area contributed by atoms with E-state index in [4.69, 9.17) is 4.74 Å². The maximum absolute atomic E-state index is 13.2. The van der Waals surface area contributed by atoms with Crippen LogP contribution in [0.25, 0.3) is 10.1 Å². The molecule has 0 fully saturated rings. The van der Waals surface area contributed by atoms with Gasteiger partial charge in [-0.05, 0) is 61.2 Å². The molecule has 1 N–H and O–H groups in total. The lowest BCUT2D eigenvalue weighted by atomic mass is 10.2. The van der Waals surface area contributed by atoms with Gasteiger partial charge in [0.2, 0.25) is 0 Å². The fourth-order valence-corrected chi connectivity index (χ4v) is 3.28. The number of fused-ring (bicyclic) bond motifs is 1. The van der Waals surface area contributed by atoms with Gasteiger partial charge in [-0.15, -0.1) is 11.3 Å². The number of nitrogens with one attached hydrogen (secondary N) is 1. The van der Waals surface area contributed by atoms with Crippen LogP contribution in [0.1, 0.15) is 22.2 Å². The molecule has 3 aromatic rings. The number of amides is 1. The largest absolute Gasteiger partial charge is 0.448 e. The zero-order valence-electron chi connectivity index (χ0n) is 13.7. The molecule has 6 heteroatoms. The summed E-state index contributed by atoms with van der Waals surface area (Å²) in [5.41, 5.74) is 1.66. The number of carbonyl (C=O) groups is 2. The monoisotopic (exact) mass is 357 g/mol. The standard InChI is InChI=1S/C19H16FNO3S/c1-11-4-3-5-15(8-11)21-18(22)12(2)24-19(23)17-10-13-9-14(20)6-7-16(13)25-17/h3-10,12H,1-2H3,(H,21,22)/t12-/m0/s1. The number of aryl methyl sites for hydroxylation is 1. The molecule has 1 aromatic heterocycles. The van der Waals surface area contributed by atoms with E-state index in [1.807, 2.05) is 25.1 Å². The fourth-order valence-electron chi connectivity index (χ4n) is 2.35. The summed E-state index contributed by atoms with van der Waals surface area (Å²) in [6, 6.07) is 13.2. The van der Waals surface area contributed by atoms with Crippen LogP contribution in [-0.4, -0.2) is 18.0 Å². The average molecular weight is 357 g/mol. The van der Waals surface area contributed by atoms with Crippen molar-refractivity contribution in [3.63, 3.8) is 0 Å². The molecule has 0 unspecified atom stereocenters. The average Bonchev–Trinajstić information content (AvgIpc) is 2.98. The Morgan fingerprint density at radius 3 is 2.72 bits per heavy atom. The van der Waals surface area contributed by atoms with Crippen LogP contribution in [0.5, 0.6) is 0 Å². The van der Waals surface area contributed by atoms with Gasteiger partial charge < -0.3 is 10.1 Å². The van der Waals surface area contributed by atoms with Crippen LogP contribution < -0.4 is 5.32 Å². The van der Waals surface area contributed by atoms with E-state index < -0.39 is 18.0 Å². The van der Waals surface area contributed by atoms with Crippen molar-refractivity contribution in [3.8, 4) is 0 Å². The molecule has 0 aliphatic heterocycles. The van der Waals surface area contributed by atoms with E-state index in [9.17, 15) is 14.0 Å². The van der Waals surface area contributed by atoms with Gasteiger partial charge in [0, 0.05) is 10.4 Å². The Labute approximate surface area is 148 Å². The summed E-state index contributed by atoms with van der Waals surface area (Å²) in [4.78, 5) is 24.7. The summed E-state index contributed by atoms with van der Waals surface area (Å²) in [6.07, 6.45) is -0.949. The number of anilines is 1. The Balaban J connectivity index is 1.67. The number of benzene rings is 2. The van der Waals surface area contributed by atoms with Crippen LogP contribution in [-0.2, 0) is 9.53 Å². The van der Waals surface area contributed by atoms with Gasteiger partial charge >= 0.3 is 5.97 Å². The Morgan fingerprint density at radius 1 is 1.16 bits per heavy atom. The summed E-state index contributed by atoms with van der Waals surface area (Å²) < 4.78 is 19.2. The molecule has 0 bridgehead atoms. The molecule has 0 saturated carbocycles. The first-order valence-electron chi connectivity index (χ1n) is 7.70. The molecule has 4 nitrogen and oxygen atoms in total. The lowest BCUT2D eigenvalue weighted by molar-refractivity contribution is -0.123. The minimum absolute atomic E-state index is 0.329. The maximum Gasteiger partial charge on any atom is 0.349 e. The highest BCUT2D eigenvalue weighted by atomic mass is 32.1. The number of rotatable bonds is 4. The minimum atomic E-state index is -0.949. The van der Waals surface area contributed by atoms with Crippen LogP contribution in [0.2, 0.25) is 0 Å². The van der Waals surface area contributed by atoms with Crippen molar-refractivity contribution >= 4 is 39.0 Å². The highest BCUT2D eigenvalue weighted by molar-refractivity contribution is 7.20. The van der Waals surface area contributed by atoms with Crippen LogP contribution in [0.4, 0.5) is 10.1 Å². The van der Waals surface area contributed by atoms with Gasteiger partial charge in [0.25, 0.3) is 5.91 Å². The Bertz CT molecular complexity index is 951. The quantitative estimate of drug-likeness (QED) is 0.698. The Hall–Kier alpha value is -2.73. The van der Waals surface area contributed by atoms with Crippen molar-refractivity contribution in [2.24, 2.45) is 0 Å². The molecule has 2 aromatic carbocycles.